The van der Waals surface area contributed by atoms with Gasteiger partial charge < -0.3 is 21.3 Å². The lowest BCUT2D eigenvalue weighted by molar-refractivity contribution is 0.100. The van der Waals surface area contributed by atoms with Crippen LogP contribution in [0.2, 0.25) is 0 Å². The van der Waals surface area contributed by atoms with Crippen LogP contribution in [0.5, 0.6) is 5.88 Å². The first-order chi connectivity index (χ1) is 13.5. The molecule has 0 bridgehead atoms. The second-order valence-electron chi connectivity index (χ2n) is 7.15. The molecule has 2 aromatic heterocycles. The molecular formula is C20H23N5O3. The van der Waals surface area contributed by atoms with Crippen LogP contribution in [-0.4, -0.2) is 38.5 Å². The number of amides is 1. The topological polar surface area (TPSA) is 129 Å². The fourth-order valence-electron chi connectivity index (χ4n) is 3.21. The summed E-state index contributed by atoms with van der Waals surface area (Å²) in [7, 11) is 0. The number of rotatable bonds is 7. The first kappa shape index (κ1) is 18.2. The van der Waals surface area contributed by atoms with Crippen molar-refractivity contribution < 1.29 is 14.6 Å². The molecule has 1 fully saturated rings. The van der Waals surface area contributed by atoms with Crippen molar-refractivity contribution >= 4 is 22.6 Å². The molecule has 1 aliphatic rings. The number of nitrogens with zero attached hydrogens (tertiary/aromatic N) is 3. The van der Waals surface area contributed by atoms with Crippen molar-refractivity contribution in [3.8, 4) is 17.1 Å². The summed E-state index contributed by atoms with van der Waals surface area (Å²) in [6.45, 7) is 1.87. The molecule has 0 spiro atoms. The molecule has 0 aliphatic heterocycles. The summed E-state index contributed by atoms with van der Waals surface area (Å²) in [4.78, 5) is 16.6. The maximum absolute atomic E-state index is 12.0. The number of hydrogen-bond donors (Lipinski definition) is 3. The molecule has 1 unspecified atom stereocenters. The zero-order chi connectivity index (χ0) is 19.8. The Morgan fingerprint density at radius 2 is 2.14 bits per heavy atom. The Hall–Kier alpha value is -3.13. The van der Waals surface area contributed by atoms with Crippen LogP contribution in [-0.2, 0) is 0 Å². The number of carbonyl (C=O) groups excluding carboxylic acids is 1. The van der Waals surface area contributed by atoms with Crippen LogP contribution in [0, 0.1) is 0 Å². The Kier molecular flexibility index (Phi) is 4.64. The minimum atomic E-state index is -0.638. The second-order valence-corrected chi connectivity index (χ2v) is 7.15. The van der Waals surface area contributed by atoms with E-state index in [1.807, 2.05) is 37.3 Å². The number of anilines is 1. The highest BCUT2D eigenvalue weighted by Crippen LogP contribution is 2.32. The van der Waals surface area contributed by atoms with Crippen molar-refractivity contribution in [2.45, 2.75) is 38.3 Å². The summed E-state index contributed by atoms with van der Waals surface area (Å²) in [6.07, 6.45) is 2.91. The fourth-order valence-corrected chi connectivity index (χ4v) is 3.21. The summed E-state index contributed by atoms with van der Waals surface area (Å²) in [5.74, 6) is 0.183. The van der Waals surface area contributed by atoms with Crippen molar-refractivity contribution in [3.05, 3.63) is 35.9 Å². The van der Waals surface area contributed by atoms with Crippen molar-refractivity contribution in [2.75, 3.05) is 12.3 Å². The summed E-state index contributed by atoms with van der Waals surface area (Å²) < 4.78 is 7.28. The van der Waals surface area contributed by atoms with Crippen LogP contribution in [0.25, 0.3) is 22.2 Å². The van der Waals surface area contributed by atoms with Crippen molar-refractivity contribution in [1.82, 2.24) is 14.8 Å². The second kappa shape index (κ2) is 7.12. The number of nitrogens with two attached hydrogens (primary N) is 2. The molecule has 4 rings (SSSR count). The van der Waals surface area contributed by atoms with Gasteiger partial charge in [-0.2, -0.15) is 5.10 Å². The number of aliphatic hydroxyl groups excluding tert-OH is 1. The molecule has 3 aromatic rings. The lowest BCUT2D eigenvalue weighted by Gasteiger charge is -2.12. The third-order valence-electron chi connectivity index (χ3n) is 4.91. The molecule has 8 nitrogen and oxygen atoms in total. The standard InChI is InChI=1S/C20H23N5O3/c1-11(8-9-26)25-19(21)17(20(22)27)18(24-25)13-2-6-15-12(10-13)3-7-16(23-15)28-14-4-5-14/h2-3,6-7,10-11,14,26H,4-5,8-9,21H2,1H3,(H2,22,27). The lowest BCUT2D eigenvalue weighted by Crippen LogP contribution is -2.16. The predicted molar refractivity (Wildman–Crippen MR) is 106 cm³/mol. The SMILES string of the molecule is CC(CCO)n1nc(-c2ccc3nc(OC4CC4)ccc3c2)c(C(N)=O)c1N. The molecule has 0 radical (unpaired) electrons. The Morgan fingerprint density at radius 3 is 2.82 bits per heavy atom. The van der Waals surface area contributed by atoms with Gasteiger partial charge in [-0.25, -0.2) is 9.67 Å². The first-order valence-corrected chi connectivity index (χ1v) is 9.34. The van der Waals surface area contributed by atoms with Gasteiger partial charge in [0.1, 0.15) is 23.2 Å². The van der Waals surface area contributed by atoms with Gasteiger partial charge in [0, 0.05) is 23.6 Å². The largest absolute Gasteiger partial charge is 0.474 e. The molecule has 2 heterocycles. The maximum Gasteiger partial charge on any atom is 0.254 e. The van der Waals surface area contributed by atoms with Crippen molar-refractivity contribution in [1.29, 1.82) is 0 Å². The quantitative estimate of drug-likeness (QED) is 0.576. The number of aliphatic hydroxyl groups is 1. The average Bonchev–Trinajstić information content (AvgIpc) is 3.41. The fraction of sp³-hybridized carbons (Fsp3) is 0.350. The highest BCUT2D eigenvalue weighted by Gasteiger charge is 2.25. The van der Waals surface area contributed by atoms with Gasteiger partial charge in [0.05, 0.1) is 11.6 Å². The Balaban J connectivity index is 1.75. The van der Waals surface area contributed by atoms with Crippen LogP contribution in [0.1, 0.15) is 42.6 Å². The van der Waals surface area contributed by atoms with E-state index in [-0.39, 0.29) is 30.1 Å². The van der Waals surface area contributed by atoms with Gasteiger partial charge in [0.25, 0.3) is 5.91 Å². The van der Waals surface area contributed by atoms with Gasteiger partial charge in [-0.1, -0.05) is 6.07 Å². The van der Waals surface area contributed by atoms with Crippen LogP contribution >= 0.6 is 0 Å². The summed E-state index contributed by atoms with van der Waals surface area (Å²) in [5, 5.41) is 14.6. The third-order valence-corrected chi connectivity index (χ3v) is 4.91. The maximum atomic E-state index is 12.0. The number of pyridine rings is 1. The zero-order valence-electron chi connectivity index (χ0n) is 15.6. The zero-order valence-corrected chi connectivity index (χ0v) is 15.6. The smallest absolute Gasteiger partial charge is 0.254 e. The molecule has 1 saturated carbocycles. The summed E-state index contributed by atoms with van der Waals surface area (Å²) in [5.41, 5.74) is 13.9. The molecule has 28 heavy (non-hydrogen) atoms. The highest BCUT2D eigenvalue weighted by molar-refractivity contribution is 6.04. The average molecular weight is 381 g/mol. The number of carbonyl (C=O) groups is 1. The van der Waals surface area contributed by atoms with E-state index in [1.54, 1.807) is 4.68 Å². The molecule has 0 saturated heterocycles. The lowest BCUT2D eigenvalue weighted by atomic mass is 10.0. The Labute approximate surface area is 162 Å². The highest BCUT2D eigenvalue weighted by atomic mass is 16.5. The molecule has 1 amide bonds. The van der Waals surface area contributed by atoms with Crippen LogP contribution < -0.4 is 16.2 Å². The Morgan fingerprint density at radius 1 is 1.36 bits per heavy atom. The molecule has 1 aromatic carbocycles. The Bertz CT molecular complexity index is 1040. The minimum absolute atomic E-state index is 0.00535. The normalized spacial score (nSPS) is 14.9. The van der Waals surface area contributed by atoms with Gasteiger partial charge in [-0.15, -0.1) is 0 Å². The van der Waals surface area contributed by atoms with E-state index < -0.39 is 5.91 Å². The first-order valence-electron chi connectivity index (χ1n) is 9.34. The monoisotopic (exact) mass is 381 g/mol. The molecular weight excluding hydrogens is 358 g/mol. The molecule has 146 valence electrons. The van der Waals surface area contributed by atoms with E-state index in [2.05, 4.69) is 10.1 Å². The van der Waals surface area contributed by atoms with Crippen molar-refractivity contribution in [2.24, 2.45) is 5.73 Å². The predicted octanol–water partition coefficient (Wildman–Crippen LogP) is 2.26. The summed E-state index contributed by atoms with van der Waals surface area (Å²) in [6, 6.07) is 9.21. The van der Waals surface area contributed by atoms with E-state index in [0.717, 1.165) is 29.3 Å². The van der Waals surface area contributed by atoms with E-state index in [9.17, 15) is 9.90 Å². The number of primary amides is 1. The van der Waals surface area contributed by atoms with Gasteiger partial charge in [0.15, 0.2) is 0 Å². The molecule has 8 heteroatoms. The molecule has 1 atom stereocenters. The number of ether oxygens (including phenoxy) is 1. The molecule has 1 aliphatic carbocycles. The van der Waals surface area contributed by atoms with Gasteiger partial charge in [-0.3, -0.25) is 4.79 Å². The van der Waals surface area contributed by atoms with E-state index in [1.165, 1.54) is 0 Å². The number of aromatic nitrogens is 3. The van der Waals surface area contributed by atoms with Crippen LogP contribution in [0.4, 0.5) is 5.82 Å². The van der Waals surface area contributed by atoms with Crippen molar-refractivity contribution in [3.63, 3.8) is 0 Å². The summed E-state index contributed by atoms with van der Waals surface area (Å²) >= 11 is 0. The van der Waals surface area contributed by atoms with Gasteiger partial charge in [0.2, 0.25) is 5.88 Å². The molecule has 5 N–H and O–H groups in total. The van der Waals surface area contributed by atoms with Gasteiger partial charge in [-0.05, 0) is 44.4 Å². The third kappa shape index (κ3) is 3.38. The number of fused-ring (bicyclic) bond motifs is 1. The van der Waals surface area contributed by atoms with Crippen LogP contribution in [0.15, 0.2) is 30.3 Å². The van der Waals surface area contributed by atoms with E-state index in [0.29, 0.717) is 18.0 Å². The van der Waals surface area contributed by atoms with E-state index in [4.69, 9.17) is 16.2 Å². The van der Waals surface area contributed by atoms with Gasteiger partial charge >= 0.3 is 0 Å². The van der Waals surface area contributed by atoms with Crippen LogP contribution in [0.3, 0.4) is 0 Å². The minimum Gasteiger partial charge on any atom is -0.474 e. The number of nitrogen functional groups attached to an aromatic ring is 1. The number of hydrogen-bond acceptors (Lipinski definition) is 6. The number of benzene rings is 1. The van der Waals surface area contributed by atoms with E-state index >= 15 is 0 Å².